The van der Waals surface area contributed by atoms with E-state index in [1.807, 2.05) is 19.1 Å². The van der Waals surface area contributed by atoms with Crippen LogP contribution in [0.3, 0.4) is 0 Å². The average Bonchev–Trinajstić information content (AvgIpc) is 2.95. The molecule has 28 heavy (non-hydrogen) atoms. The number of aliphatic hydroxyl groups is 2. The predicted molar refractivity (Wildman–Crippen MR) is 114 cm³/mol. The maximum Gasteiger partial charge on any atom is 0.303 e. The van der Waals surface area contributed by atoms with Crippen molar-refractivity contribution in [3.05, 3.63) is 24.3 Å². The lowest BCUT2D eigenvalue weighted by molar-refractivity contribution is -0.137. The topological polar surface area (TPSA) is 94.8 Å². The third-order valence-electron chi connectivity index (χ3n) is 5.12. The van der Waals surface area contributed by atoms with E-state index in [9.17, 15) is 14.7 Å². The van der Waals surface area contributed by atoms with E-state index in [1.54, 1.807) is 17.8 Å². The van der Waals surface area contributed by atoms with Gasteiger partial charge in [-0.05, 0) is 31.6 Å². The molecule has 0 aromatic rings. The molecule has 0 aromatic heterocycles. The van der Waals surface area contributed by atoms with Crippen LogP contribution in [0, 0.1) is 11.8 Å². The number of aliphatic carboxylic acids is 1. The number of carboxylic acids is 1. The van der Waals surface area contributed by atoms with Crippen molar-refractivity contribution in [1.29, 1.82) is 0 Å². The Kier molecular flexibility index (Phi) is 13.2. The fourth-order valence-corrected chi connectivity index (χ4v) is 4.88. The molecule has 0 amide bonds. The zero-order valence-corrected chi connectivity index (χ0v) is 17.8. The number of Topliss-reactive ketones (excluding diaryl/α,β-unsaturated/α-hetero) is 1. The third-order valence-corrected chi connectivity index (χ3v) is 6.45. The van der Waals surface area contributed by atoms with Crippen molar-refractivity contribution in [2.45, 2.75) is 76.1 Å². The van der Waals surface area contributed by atoms with Gasteiger partial charge in [0.1, 0.15) is 5.78 Å². The molecule has 1 saturated carbocycles. The van der Waals surface area contributed by atoms with Gasteiger partial charge in [0.05, 0.1) is 12.7 Å². The minimum Gasteiger partial charge on any atom is -0.481 e. The number of hydrogen-bond acceptors (Lipinski definition) is 5. The van der Waals surface area contributed by atoms with E-state index in [0.29, 0.717) is 30.8 Å². The van der Waals surface area contributed by atoms with Crippen LogP contribution in [0.2, 0.25) is 0 Å². The highest BCUT2D eigenvalue weighted by atomic mass is 32.2. The van der Waals surface area contributed by atoms with E-state index < -0.39 is 12.1 Å². The Labute approximate surface area is 173 Å². The number of allylic oxidation sites excluding steroid dienone is 2. The van der Waals surface area contributed by atoms with Crippen LogP contribution >= 0.6 is 11.8 Å². The number of rotatable bonds is 15. The number of hydrogen-bond donors (Lipinski definition) is 3. The summed E-state index contributed by atoms with van der Waals surface area (Å²) in [6.45, 7) is 2.14. The molecule has 160 valence electrons. The normalized spacial score (nSPS) is 23.8. The molecule has 1 aliphatic carbocycles. The summed E-state index contributed by atoms with van der Waals surface area (Å²) in [6, 6.07) is 0. The standard InChI is InChI=1S/C22H36O5S/c1-2-3-9-17(24)10-8-12-19-18(11-6-4-5-7-13-22(26)27)20(25)16-21(19)28-15-14-23/h3,8-9,12,17-19,21,23-24H,2,4-7,10-11,13-16H2,1H3,(H,26,27)/t17?,18-,19-,21-/m1/s1. The molecule has 5 nitrogen and oxygen atoms in total. The Morgan fingerprint density at radius 2 is 2.00 bits per heavy atom. The highest BCUT2D eigenvalue weighted by Gasteiger charge is 2.40. The molecule has 0 aromatic carbocycles. The van der Waals surface area contributed by atoms with Crippen LogP contribution in [0.1, 0.15) is 64.7 Å². The summed E-state index contributed by atoms with van der Waals surface area (Å²) < 4.78 is 0. The summed E-state index contributed by atoms with van der Waals surface area (Å²) in [6.07, 6.45) is 13.8. The van der Waals surface area contributed by atoms with E-state index in [0.717, 1.165) is 32.1 Å². The second-order valence-electron chi connectivity index (χ2n) is 7.40. The Morgan fingerprint density at radius 3 is 2.68 bits per heavy atom. The molecule has 6 heteroatoms. The molecular weight excluding hydrogens is 376 g/mol. The maximum absolute atomic E-state index is 12.6. The van der Waals surface area contributed by atoms with Gasteiger partial charge in [0.15, 0.2) is 0 Å². The summed E-state index contributed by atoms with van der Waals surface area (Å²) in [5.74, 6) is 0.310. The van der Waals surface area contributed by atoms with Gasteiger partial charge in [-0.15, -0.1) is 0 Å². The van der Waals surface area contributed by atoms with Gasteiger partial charge in [-0.3, -0.25) is 9.59 Å². The monoisotopic (exact) mass is 412 g/mol. The van der Waals surface area contributed by atoms with Crippen molar-refractivity contribution in [3.63, 3.8) is 0 Å². The molecule has 0 spiro atoms. The zero-order valence-electron chi connectivity index (χ0n) is 17.0. The molecular formula is C22H36O5S. The van der Waals surface area contributed by atoms with Crippen molar-refractivity contribution < 1.29 is 24.9 Å². The fraction of sp³-hybridized carbons (Fsp3) is 0.727. The highest BCUT2D eigenvalue weighted by Crippen LogP contribution is 2.40. The first-order valence-electron chi connectivity index (χ1n) is 10.5. The quantitative estimate of drug-likeness (QED) is 0.278. The van der Waals surface area contributed by atoms with Gasteiger partial charge in [-0.25, -0.2) is 0 Å². The van der Waals surface area contributed by atoms with Gasteiger partial charge >= 0.3 is 5.97 Å². The average molecular weight is 413 g/mol. The van der Waals surface area contributed by atoms with Gasteiger partial charge in [0, 0.05) is 29.8 Å². The third kappa shape index (κ3) is 9.89. The van der Waals surface area contributed by atoms with Crippen LogP contribution in [0.4, 0.5) is 0 Å². The number of thioether (sulfide) groups is 1. The van der Waals surface area contributed by atoms with Gasteiger partial charge in [0.2, 0.25) is 0 Å². The summed E-state index contributed by atoms with van der Waals surface area (Å²) in [5, 5.41) is 28.0. The molecule has 1 fully saturated rings. The van der Waals surface area contributed by atoms with Crippen LogP contribution in [-0.4, -0.2) is 50.8 Å². The predicted octanol–water partition coefficient (Wildman–Crippen LogP) is 3.98. The fourth-order valence-electron chi connectivity index (χ4n) is 3.69. The van der Waals surface area contributed by atoms with Crippen molar-refractivity contribution in [2.24, 2.45) is 11.8 Å². The van der Waals surface area contributed by atoms with E-state index in [-0.39, 0.29) is 30.1 Å². The first kappa shape index (κ1) is 24.9. The van der Waals surface area contributed by atoms with Gasteiger partial charge < -0.3 is 15.3 Å². The van der Waals surface area contributed by atoms with Gasteiger partial charge in [-0.2, -0.15) is 11.8 Å². The maximum atomic E-state index is 12.6. The van der Waals surface area contributed by atoms with Gasteiger partial charge in [0.25, 0.3) is 0 Å². The van der Waals surface area contributed by atoms with E-state index in [4.69, 9.17) is 10.2 Å². The number of carbonyl (C=O) groups is 2. The second-order valence-corrected chi connectivity index (χ2v) is 8.75. The zero-order chi connectivity index (χ0) is 20.8. The number of ketones is 1. The van der Waals surface area contributed by atoms with Gasteiger partial charge in [-0.1, -0.05) is 50.5 Å². The Balaban J connectivity index is 2.58. The molecule has 0 bridgehead atoms. The van der Waals surface area contributed by atoms with Crippen LogP contribution < -0.4 is 0 Å². The van der Waals surface area contributed by atoms with Crippen LogP contribution in [0.5, 0.6) is 0 Å². The van der Waals surface area contributed by atoms with Crippen molar-refractivity contribution >= 4 is 23.5 Å². The first-order valence-corrected chi connectivity index (χ1v) is 11.5. The number of unbranched alkanes of at least 4 members (excludes halogenated alkanes) is 3. The lowest BCUT2D eigenvalue weighted by Crippen LogP contribution is -2.18. The molecule has 1 rings (SSSR count). The summed E-state index contributed by atoms with van der Waals surface area (Å²) >= 11 is 1.66. The summed E-state index contributed by atoms with van der Waals surface area (Å²) in [7, 11) is 0. The van der Waals surface area contributed by atoms with Crippen LogP contribution in [0.15, 0.2) is 24.3 Å². The van der Waals surface area contributed by atoms with Crippen molar-refractivity contribution in [3.8, 4) is 0 Å². The molecule has 4 atom stereocenters. The Bertz CT molecular complexity index is 517. The van der Waals surface area contributed by atoms with E-state index in [2.05, 4.69) is 6.08 Å². The van der Waals surface area contributed by atoms with Crippen LogP contribution in [-0.2, 0) is 9.59 Å². The Morgan fingerprint density at radius 1 is 1.25 bits per heavy atom. The van der Waals surface area contributed by atoms with Crippen LogP contribution in [0.25, 0.3) is 0 Å². The van der Waals surface area contributed by atoms with Crippen molar-refractivity contribution in [2.75, 3.05) is 12.4 Å². The second kappa shape index (κ2) is 14.8. The molecule has 0 saturated heterocycles. The molecule has 1 aliphatic rings. The number of carboxylic acid groups (broad SMARTS) is 1. The summed E-state index contributed by atoms with van der Waals surface area (Å²) in [4.78, 5) is 23.1. The molecule has 3 N–H and O–H groups in total. The number of carbonyl (C=O) groups excluding carboxylic acids is 1. The molecule has 0 aliphatic heterocycles. The summed E-state index contributed by atoms with van der Waals surface area (Å²) in [5.41, 5.74) is 0. The lowest BCUT2D eigenvalue weighted by Gasteiger charge is -2.20. The highest BCUT2D eigenvalue weighted by molar-refractivity contribution is 8.00. The smallest absolute Gasteiger partial charge is 0.303 e. The Hall–Kier alpha value is -1.11. The SMILES string of the molecule is CCC=CC(O)CC=C[C@H]1[C@H](SCCO)CC(=O)[C@@H]1CCCCCCC(=O)O. The lowest BCUT2D eigenvalue weighted by atomic mass is 9.89. The van der Waals surface area contributed by atoms with Crippen molar-refractivity contribution in [1.82, 2.24) is 0 Å². The van der Waals surface area contributed by atoms with E-state index >= 15 is 0 Å². The first-order chi connectivity index (χ1) is 13.5. The molecule has 0 heterocycles. The van der Waals surface area contributed by atoms with E-state index in [1.165, 1.54) is 0 Å². The minimum absolute atomic E-state index is 0.00440. The minimum atomic E-state index is -0.754. The molecule has 0 radical (unpaired) electrons. The number of aliphatic hydroxyl groups excluding tert-OH is 2. The largest absolute Gasteiger partial charge is 0.481 e. The molecule has 1 unspecified atom stereocenters.